The molecule has 0 atom stereocenters. The van der Waals surface area contributed by atoms with Gasteiger partial charge in [-0.1, -0.05) is 46.3 Å². The van der Waals surface area contributed by atoms with E-state index in [4.69, 9.17) is 5.73 Å². The summed E-state index contributed by atoms with van der Waals surface area (Å²) in [7, 11) is 0. The lowest BCUT2D eigenvalue weighted by molar-refractivity contribution is -0.123. The van der Waals surface area contributed by atoms with Gasteiger partial charge in [-0.15, -0.1) is 0 Å². The highest BCUT2D eigenvalue weighted by molar-refractivity contribution is 9.10. The summed E-state index contributed by atoms with van der Waals surface area (Å²) < 4.78 is 0.946. The van der Waals surface area contributed by atoms with Crippen LogP contribution in [-0.4, -0.2) is 29.8 Å². The van der Waals surface area contributed by atoms with Crippen molar-refractivity contribution in [1.29, 1.82) is 0 Å². The molecule has 1 aliphatic rings. The van der Waals surface area contributed by atoms with Crippen molar-refractivity contribution in [2.45, 2.75) is 19.4 Å². The van der Waals surface area contributed by atoms with Crippen LogP contribution in [0.4, 0.5) is 5.69 Å². The Kier molecular flexibility index (Phi) is 7.01. The second-order valence-corrected chi connectivity index (χ2v) is 7.85. The van der Waals surface area contributed by atoms with Gasteiger partial charge in [-0.25, -0.2) is 0 Å². The number of nitrogens with two attached hydrogens (primary N) is 1. The SMILES string of the molecule is NC(=O)C1CCN(Cc2cccc(NC(=O)C=Cc3ccccc3Br)c2)CC1. The minimum absolute atomic E-state index is 0.00156. The highest BCUT2D eigenvalue weighted by Crippen LogP contribution is 2.20. The summed E-state index contributed by atoms with van der Waals surface area (Å²) in [6.07, 6.45) is 4.94. The second kappa shape index (κ2) is 9.66. The van der Waals surface area contributed by atoms with E-state index in [9.17, 15) is 9.59 Å². The number of nitrogens with zero attached hydrogens (tertiary/aromatic N) is 1. The molecule has 1 heterocycles. The number of halogens is 1. The van der Waals surface area contributed by atoms with Gasteiger partial charge in [0.15, 0.2) is 0 Å². The van der Waals surface area contributed by atoms with Crippen molar-refractivity contribution in [3.63, 3.8) is 0 Å². The first kappa shape index (κ1) is 20.3. The van der Waals surface area contributed by atoms with E-state index in [1.165, 1.54) is 6.08 Å². The van der Waals surface area contributed by atoms with Gasteiger partial charge in [0.2, 0.25) is 11.8 Å². The molecular formula is C22H24BrN3O2. The summed E-state index contributed by atoms with van der Waals surface area (Å²) in [6.45, 7) is 2.51. The molecule has 3 rings (SSSR count). The van der Waals surface area contributed by atoms with Crippen molar-refractivity contribution >= 4 is 39.5 Å². The van der Waals surface area contributed by atoms with E-state index in [1.54, 1.807) is 6.08 Å². The van der Waals surface area contributed by atoms with Gasteiger partial charge >= 0.3 is 0 Å². The van der Waals surface area contributed by atoms with Crippen LogP contribution in [0.1, 0.15) is 24.0 Å². The molecule has 0 radical (unpaired) electrons. The van der Waals surface area contributed by atoms with E-state index in [0.29, 0.717) is 0 Å². The van der Waals surface area contributed by atoms with Crippen LogP contribution in [0.25, 0.3) is 6.08 Å². The number of nitrogens with one attached hydrogen (secondary N) is 1. The number of amides is 2. The monoisotopic (exact) mass is 441 g/mol. The Morgan fingerprint density at radius 1 is 1.14 bits per heavy atom. The Labute approximate surface area is 173 Å². The molecule has 0 aromatic heterocycles. The van der Waals surface area contributed by atoms with Crippen molar-refractivity contribution in [3.8, 4) is 0 Å². The highest BCUT2D eigenvalue weighted by atomic mass is 79.9. The first-order valence-electron chi connectivity index (χ1n) is 9.35. The molecule has 0 bridgehead atoms. The molecule has 1 fully saturated rings. The van der Waals surface area contributed by atoms with Crippen LogP contribution >= 0.6 is 15.9 Å². The molecule has 28 heavy (non-hydrogen) atoms. The largest absolute Gasteiger partial charge is 0.369 e. The Morgan fingerprint density at radius 3 is 2.61 bits per heavy atom. The number of rotatable bonds is 6. The zero-order valence-corrected chi connectivity index (χ0v) is 17.2. The molecule has 3 N–H and O–H groups in total. The lowest BCUT2D eigenvalue weighted by Crippen LogP contribution is -2.38. The molecule has 1 saturated heterocycles. The minimum Gasteiger partial charge on any atom is -0.369 e. The normalized spacial score (nSPS) is 15.6. The number of benzene rings is 2. The van der Waals surface area contributed by atoms with Crippen LogP contribution in [0, 0.1) is 5.92 Å². The van der Waals surface area contributed by atoms with Gasteiger partial charge < -0.3 is 11.1 Å². The van der Waals surface area contributed by atoms with Gasteiger partial charge in [0.25, 0.3) is 0 Å². The maximum Gasteiger partial charge on any atom is 0.248 e. The van der Waals surface area contributed by atoms with Crippen LogP contribution in [0.5, 0.6) is 0 Å². The highest BCUT2D eigenvalue weighted by Gasteiger charge is 2.22. The number of likely N-dealkylation sites (tertiary alicyclic amines) is 1. The van der Waals surface area contributed by atoms with E-state index >= 15 is 0 Å². The van der Waals surface area contributed by atoms with Crippen molar-refractivity contribution in [2.75, 3.05) is 18.4 Å². The lowest BCUT2D eigenvalue weighted by Gasteiger charge is -2.30. The third-order valence-corrected chi connectivity index (χ3v) is 5.63. The van der Waals surface area contributed by atoms with Gasteiger partial charge in [0, 0.05) is 28.7 Å². The van der Waals surface area contributed by atoms with Crippen molar-refractivity contribution in [1.82, 2.24) is 4.90 Å². The number of anilines is 1. The fourth-order valence-electron chi connectivity index (χ4n) is 3.34. The summed E-state index contributed by atoms with van der Waals surface area (Å²) in [5.41, 5.74) is 8.24. The molecule has 1 aliphatic heterocycles. The van der Waals surface area contributed by atoms with Gasteiger partial charge in [-0.2, -0.15) is 0 Å². The second-order valence-electron chi connectivity index (χ2n) is 7.00. The van der Waals surface area contributed by atoms with Crippen molar-refractivity contribution < 1.29 is 9.59 Å². The third-order valence-electron chi connectivity index (χ3n) is 4.91. The lowest BCUT2D eigenvalue weighted by atomic mass is 9.96. The smallest absolute Gasteiger partial charge is 0.248 e. The quantitative estimate of drug-likeness (QED) is 0.669. The average Bonchev–Trinajstić information content (AvgIpc) is 2.68. The first-order valence-corrected chi connectivity index (χ1v) is 10.1. The molecule has 5 nitrogen and oxygen atoms in total. The molecule has 0 saturated carbocycles. The molecule has 2 amide bonds. The summed E-state index contributed by atoms with van der Waals surface area (Å²) in [5, 5.41) is 2.91. The zero-order chi connectivity index (χ0) is 19.9. The van der Waals surface area contributed by atoms with E-state index in [0.717, 1.165) is 53.8 Å². The fourth-order valence-corrected chi connectivity index (χ4v) is 3.76. The summed E-state index contributed by atoms with van der Waals surface area (Å²) >= 11 is 3.47. The number of hydrogen-bond acceptors (Lipinski definition) is 3. The molecule has 0 unspecified atom stereocenters. The first-order chi connectivity index (χ1) is 13.5. The minimum atomic E-state index is -0.194. The molecule has 2 aromatic rings. The summed E-state index contributed by atoms with van der Waals surface area (Å²) in [4.78, 5) is 25.8. The fraction of sp³-hybridized carbons (Fsp3) is 0.273. The van der Waals surface area contributed by atoms with Crippen LogP contribution in [-0.2, 0) is 16.1 Å². The zero-order valence-electron chi connectivity index (χ0n) is 15.6. The predicted octanol–water partition coefficient (Wildman–Crippen LogP) is 3.80. The van der Waals surface area contributed by atoms with Crippen LogP contribution in [0.2, 0.25) is 0 Å². The molecule has 0 spiro atoms. The average molecular weight is 442 g/mol. The molecule has 2 aromatic carbocycles. The van der Waals surface area contributed by atoms with E-state index < -0.39 is 0 Å². The standard InChI is InChI=1S/C22H24BrN3O2/c23-20-7-2-1-5-17(20)8-9-21(27)25-19-6-3-4-16(14-19)15-26-12-10-18(11-13-26)22(24)28/h1-9,14,18H,10-13,15H2,(H2,24,28)(H,25,27). The molecule has 0 aliphatic carbocycles. The number of carbonyl (C=O) groups is 2. The Morgan fingerprint density at radius 2 is 1.89 bits per heavy atom. The van der Waals surface area contributed by atoms with Crippen LogP contribution in [0.3, 0.4) is 0 Å². The molecular weight excluding hydrogens is 418 g/mol. The van der Waals surface area contributed by atoms with E-state index in [2.05, 4.69) is 26.1 Å². The summed E-state index contributed by atoms with van der Waals surface area (Å²) in [5.74, 6) is -0.367. The third kappa shape index (κ3) is 5.78. The Hall–Kier alpha value is -2.44. The van der Waals surface area contributed by atoms with E-state index in [1.807, 2.05) is 48.5 Å². The summed E-state index contributed by atoms with van der Waals surface area (Å²) in [6, 6.07) is 15.6. The maximum absolute atomic E-state index is 12.2. The predicted molar refractivity (Wildman–Crippen MR) is 115 cm³/mol. The van der Waals surface area contributed by atoms with Crippen LogP contribution < -0.4 is 11.1 Å². The van der Waals surface area contributed by atoms with Gasteiger partial charge in [0.1, 0.15) is 0 Å². The Balaban J connectivity index is 1.55. The van der Waals surface area contributed by atoms with Gasteiger partial charge in [0.05, 0.1) is 0 Å². The van der Waals surface area contributed by atoms with Crippen molar-refractivity contribution in [3.05, 3.63) is 70.2 Å². The molecule has 146 valence electrons. The van der Waals surface area contributed by atoms with Crippen molar-refractivity contribution in [2.24, 2.45) is 11.7 Å². The van der Waals surface area contributed by atoms with Crippen LogP contribution in [0.15, 0.2) is 59.1 Å². The Bertz CT molecular complexity index is 874. The van der Waals surface area contributed by atoms with Gasteiger partial charge in [-0.3, -0.25) is 14.5 Å². The number of hydrogen-bond donors (Lipinski definition) is 2. The molecule has 6 heteroatoms. The topological polar surface area (TPSA) is 75.4 Å². The number of carbonyl (C=O) groups excluding carboxylic acids is 2. The van der Waals surface area contributed by atoms with E-state index in [-0.39, 0.29) is 17.7 Å². The maximum atomic E-state index is 12.2. The number of primary amides is 1. The number of piperidine rings is 1. The van der Waals surface area contributed by atoms with Gasteiger partial charge in [-0.05, 0) is 61.3 Å².